The van der Waals surface area contributed by atoms with Crippen LogP contribution in [-0.4, -0.2) is 43.7 Å². The zero-order valence-corrected chi connectivity index (χ0v) is 20.0. The van der Waals surface area contributed by atoms with Gasteiger partial charge in [0.05, 0.1) is 18.7 Å². The summed E-state index contributed by atoms with van der Waals surface area (Å²) in [5.41, 5.74) is 3.98. The molecule has 0 radical (unpaired) electrons. The number of fused-ring (bicyclic) bond motifs is 2. The van der Waals surface area contributed by atoms with E-state index < -0.39 is 0 Å². The highest BCUT2D eigenvalue weighted by atomic mass is 16.5. The predicted molar refractivity (Wildman–Crippen MR) is 133 cm³/mol. The van der Waals surface area contributed by atoms with Gasteiger partial charge in [-0.1, -0.05) is 43.5 Å². The number of aromatic nitrogens is 5. The number of H-pyrrole nitrogens is 1. The SMILES string of the molecule is COc1ccc2cc([C@@H](c3nnnn3C3CCCCC3)N3CCc4ccccc4C3)c(=O)[nH]c2c1. The molecule has 3 heterocycles. The van der Waals surface area contributed by atoms with E-state index in [-0.39, 0.29) is 17.6 Å². The van der Waals surface area contributed by atoms with Crippen molar-refractivity contribution in [1.82, 2.24) is 30.1 Å². The van der Waals surface area contributed by atoms with Gasteiger partial charge in [0, 0.05) is 24.7 Å². The largest absolute Gasteiger partial charge is 0.497 e. The number of nitrogens with zero attached hydrogens (tertiary/aromatic N) is 5. The first-order chi connectivity index (χ1) is 17.2. The van der Waals surface area contributed by atoms with Crippen LogP contribution < -0.4 is 10.3 Å². The highest BCUT2D eigenvalue weighted by molar-refractivity contribution is 5.80. The molecule has 1 atom stereocenters. The van der Waals surface area contributed by atoms with E-state index in [1.807, 2.05) is 28.9 Å². The molecule has 8 nitrogen and oxygen atoms in total. The topological polar surface area (TPSA) is 88.9 Å². The summed E-state index contributed by atoms with van der Waals surface area (Å²) in [6.45, 7) is 1.58. The molecule has 4 aromatic rings. The van der Waals surface area contributed by atoms with Gasteiger partial charge in [-0.2, -0.15) is 0 Å². The smallest absolute Gasteiger partial charge is 0.253 e. The van der Waals surface area contributed by atoms with E-state index in [0.717, 1.165) is 49.1 Å². The first-order valence-corrected chi connectivity index (χ1v) is 12.5. The summed E-state index contributed by atoms with van der Waals surface area (Å²) in [4.78, 5) is 19.0. The number of hydrogen-bond acceptors (Lipinski definition) is 6. The second-order valence-electron chi connectivity index (χ2n) is 9.67. The molecule has 0 bridgehead atoms. The average molecular weight is 471 g/mol. The molecule has 2 aromatic heterocycles. The van der Waals surface area contributed by atoms with Crippen LogP contribution in [-0.2, 0) is 13.0 Å². The number of benzene rings is 2. The van der Waals surface area contributed by atoms with Gasteiger partial charge in [0.1, 0.15) is 11.8 Å². The predicted octanol–water partition coefficient (Wildman–Crippen LogP) is 4.18. The lowest BCUT2D eigenvalue weighted by molar-refractivity contribution is 0.187. The third-order valence-corrected chi connectivity index (χ3v) is 7.59. The van der Waals surface area contributed by atoms with Gasteiger partial charge in [0.15, 0.2) is 5.82 Å². The molecular formula is C27H30N6O2. The molecular weight excluding hydrogens is 440 g/mol. The van der Waals surface area contributed by atoms with E-state index in [9.17, 15) is 4.79 Å². The maximum Gasteiger partial charge on any atom is 0.253 e. The van der Waals surface area contributed by atoms with Crippen LogP contribution in [0.1, 0.15) is 66.7 Å². The summed E-state index contributed by atoms with van der Waals surface area (Å²) in [7, 11) is 1.63. The van der Waals surface area contributed by atoms with Gasteiger partial charge in [-0.15, -0.1) is 5.10 Å². The van der Waals surface area contributed by atoms with E-state index in [4.69, 9.17) is 4.74 Å². The van der Waals surface area contributed by atoms with Crippen molar-refractivity contribution >= 4 is 10.9 Å². The molecule has 0 spiro atoms. The molecule has 8 heteroatoms. The number of rotatable bonds is 5. The standard InChI is InChI=1S/C27H30N6O2/c1-35-22-12-11-19-15-23(27(34)28-24(19)16-22)25(32-14-13-18-7-5-6-8-20(18)17-32)26-29-30-31-33(26)21-9-3-2-4-10-21/h5-8,11-12,15-16,21,25H,2-4,9-10,13-14,17H2,1H3,(H,28,34)/t25-/m0/s1. The first-order valence-electron chi connectivity index (χ1n) is 12.5. The van der Waals surface area contributed by atoms with Crippen molar-refractivity contribution in [2.75, 3.05) is 13.7 Å². The summed E-state index contributed by atoms with van der Waals surface area (Å²) in [5.74, 6) is 1.47. The third kappa shape index (κ3) is 4.12. The average Bonchev–Trinajstić information content (AvgIpc) is 3.39. The van der Waals surface area contributed by atoms with Crippen molar-refractivity contribution in [2.24, 2.45) is 0 Å². The molecule has 1 saturated carbocycles. The number of methoxy groups -OCH3 is 1. The fourth-order valence-corrected chi connectivity index (χ4v) is 5.73. The van der Waals surface area contributed by atoms with Crippen LogP contribution in [0.4, 0.5) is 0 Å². The second kappa shape index (κ2) is 9.26. The highest BCUT2D eigenvalue weighted by Gasteiger charge is 2.34. The summed E-state index contributed by atoms with van der Waals surface area (Å²) in [5, 5.41) is 14.0. The van der Waals surface area contributed by atoms with E-state index in [2.05, 4.69) is 49.7 Å². The number of tetrazole rings is 1. The molecule has 1 aliphatic carbocycles. The molecule has 0 unspecified atom stereocenters. The lowest BCUT2D eigenvalue weighted by Crippen LogP contribution is -2.39. The van der Waals surface area contributed by atoms with Crippen molar-refractivity contribution < 1.29 is 4.74 Å². The van der Waals surface area contributed by atoms with Crippen LogP contribution in [0.25, 0.3) is 10.9 Å². The van der Waals surface area contributed by atoms with Crippen LogP contribution in [0.2, 0.25) is 0 Å². The van der Waals surface area contributed by atoms with Crippen LogP contribution in [0.5, 0.6) is 5.75 Å². The van der Waals surface area contributed by atoms with Crippen LogP contribution in [0.15, 0.2) is 53.3 Å². The lowest BCUT2D eigenvalue weighted by atomic mass is 9.94. The first kappa shape index (κ1) is 22.0. The molecule has 0 amide bonds. The van der Waals surface area contributed by atoms with Crippen LogP contribution in [0.3, 0.4) is 0 Å². The summed E-state index contributed by atoms with van der Waals surface area (Å²) < 4.78 is 7.35. The zero-order valence-electron chi connectivity index (χ0n) is 20.0. The molecule has 0 saturated heterocycles. The molecule has 2 aromatic carbocycles. The molecule has 6 rings (SSSR count). The molecule has 1 aliphatic heterocycles. The maximum absolute atomic E-state index is 13.5. The molecule has 1 fully saturated rings. The number of aromatic amines is 1. The summed E-state index contributed by atoms with van der Waals surface area (Å²) in [6, 6.07) is 16.3. The lowest BCUT2D eigenvalue weighted by Gasteiger charge is -2.35. The Morgan fingerprint density at radius 3 is 2.71 bits per heavy atom. The number of pyridine rings is 1. The zero-order chi connectivity index (χ0) is 23.8. The normalized spacial score (nSPS) is 17.9. The van der Waals surface area contributed by atoms with Crippen molar-refractivity contribution in [3.05, 3.63) is 81.4 Å². The van der Waals surface area contributed by atoms with E-state index in [1.165, 1.54) is 30.4 Å². The van der Waals surface area contributed by atoms with Crippen LogP contribution >= 0.6 is 0 Å². The quantitative estimate of drug-likeness (QED) is 0.471. The minimum absolute atomic E-state index is 0.118. The number of ether oxygens (including phenoxy) is 1. The van der Waals surface area contributed by atoms with Gasteiger partial charge in [-0.25, -0.2) is 4.68 Å². The number of nitrogens with one attached hydrogen (secondary N) is 1. The Bertz CT molecular complexity index is 1400. The summed E-state index contributed by atoms with van der Waals surface area (Å²) >= 11 is 0. The fourth-order valence-electron chi connectivity index (χ4n) is 5.73. The van der Waals surface area contributed by atoms with E-state index in [1.54, 1.807) is 7.11 Å². The van der Waals surface area contributed by atoms with Gasteiger partial charge in [-0.05, 0) is 64.4 Å². The van der Waals surface area contributed by atoms with Crippen molar-refractivity contribution in [2.45, 2.75) is 57.2 Å². The van der Waals surface area contributed by atoms with Crippen molar-refractivity contribution in [1.29, 1.82) is 0 Å². The highest BCUT2D eigenvalue weighted by Crippen LogP contribution is 2.35. The Balaban J connectivity index is 1.48. The second-order valence-corrected chi connectivity index (χ2v) is 9.67. The molecule has 35 heavy (non-hydrogen) atoms. The Morgan fingerprint density at radius 2 is 1.89 bits per heavy atom. The van der Waals surface area contributed by atoms with E-state index >= 15 is 0 Å². The van der Waals surface area contributed by atoms with Gasteiger partial charge >= 0.3 is 0 Å². The Kier molecular flexibility index (Phi) is 5.82. The Morgan fingerprint density at radius 1 is 1.06 bits per heavy atom. The van der Waals surface area contributed by atoms with Crippen molar-refractivity contribution in [3.63, 3.8) is 0 Å². The molecule has 1 N–H and O–H groups in total. The van der Waals surface area contributed by atoms with Gasteiger partial charge in [-0.3, -0.25) is 9.69 Å². The van der Waals surface area contributed by atoms with Gasteiger partial charge < -0.3 is 9.72 Å². The minimum atomic E-state index is -0.337. The van der Waals surface area contributed by atoms with Gasteiger partial charge in [0.2, 0.25) is 0 Å². The molecule has 180 valence electrons. The maximum atomic E-state index is 13.5. The van der Waals surface area contributed by atoms with Crippen molar-refractivity contribution in [3.8, 4) is 5.75 Å². The fraction of sp³-hybridized carbons (Fsp3) is 0.407. The third-order valence-electron chi connectivity index (χ3n) is 7.59. The minimum Gasteiger partial charge on any atom is -0.497 e. The Hall–Kier alpha value is -3.52. The van der Waals surface area contributed by atoms with Crippen LogP contribution in [0, 0.1) is 0 Å². The number of hydrogen-bond donors (Lipinski definition) is 1. The molecule has 2 aliphatic rings. The van der Waals surface area contributed by atoms with E-state index in [0.29, 0.717) is 11.3 Å². The van der Waals surface area contributed by atoms with Gasteiger partial charge in [0.25, 0.3) is 5.56 Å². The summed E-state index contributed by atoms with van der Waals surface area (Å²) in [6.07, 6.45) is 6.70. The Labute approximate surface area is 203 Å². The monoisotopic (exact) mass is 470 g/mol.